The summed E-state index contributed by atoms with van der Waals surface area (Å²) >= 11 is 6.05. The van der Waals surface area contributed by atoms with E-state index in [2.05, 4.69) is 10.3 Å². The molecule has 1 unspecified atom stereocenters. The molecule has 6 nitrogen and oxygen atoms in total. The fourth-order valence-electron chi connectivity index (χ4n) is 3.41. The van der Waals surface area contributed by atoms with Crippen LogP contribution in [0.25, 0.3) is 10.9 Å². The first-order valence-corrected chi connectivity index (χ1v) is 11.1. The molecule has 10 heteroatoms. The van der Waals surface area contributed by atoms with Gasteiger partial charge < -0.3 is 15.2 Å². The maximum absolute atomic E-state index is 13.2. The Morgan fingerprint density at radius 1 is 1.09 bits per heavy atom. The largest absolute Gasteiger partial charge is 0.486 e. The van der Waals surface area contributed by atoms with Gasteiger partial charge in [0, 0.05) is 5.39 Å². The molecule has 0 saturated carbocycles. The standard InChI is InChI=1S/C25H24ClF3N2O4/c1-4-24(2,3)21(23(33)34)31-22(32)17-11-7-15-8-12-18(26)30-19(15)20(17)35-13-14-5-9-16(10-6-14)25(27,28)29/h5-12,21H,4,13H2,1-3H3,(H,31,32)(H,33,34). The van der Waals surface area contributed by atoms with E-state index in [9.17, 15) is 27.9 Å². The predicted octanol–water partition coefficient (Wildman–Crippen LogP) is 6.11. The molecule has 0 fully saturated rings. The second-order valence-corrected chi connectivity index (χ2v) is 9.11. The van der Waals surface area contributed by atoms with Crippen molar-refractivity contribution in [3.8, 4) is 5.75 Å². The van der Waals surface area contributed by atoms with Gasteiger partial charge in [0.05, 0.1) is 11.1 Å². The van der Waals surface area contributed by atoms with Crippen molar-refractivity contribution < 1.29 is 32.6 Å². The van der Waals surface area contributed by atoms with Crippen LogP contribution in [0.4, 0.5) is 13.2 Å². The van der Waals surface area contributed by atoms with Crippen molar-refractivity contribution in [1.82, 2.24) is 10.3 Å². The molecule has 0 aliphatic rings. The number of hydrogen-bond acceptors (Lipinski definition) is 4. The Kier molecular flexibility index (Phi) is 7.59. The minimum absolute atomic E-state index is 0.0253. The van der Waals surface area contributed by atoms with Crippen molar-refractivity contribution in [2.45, 2.75) is 46.0 Å². The molecule has 186 valence electrons. The lowest BCUT2D eigenvalue weighted by Crippen LogP contribution is -2.50. The Labute approximate surface area is 205 Å². The molecule has 0 aliphatic heterocycles. The van der Waals surface area contributed by atoms with Gasteiger partial charge in [-0.3, -0.25) is 4.79 Å². The molecule has 35 heavy (non-hydrogen) atoms. The van der Waals surface area contributed by atoms with Crippen LogP contribution in [0.2, 0.25) is 5.15 Å². The number of hydrogen-bond donors (Lipinski definition) is 2. The van der Waals surface area contributed by atoms with Crippen LogP contribution < -0.4 is 10.1 Å². The number of carbonyl (C=O) groups is 2. The van der Waals surface area contributed by atoms with Gasteiger partial charge in [-0.1, -0.05) is 50.6 Å². The maximum atomic E-state index is 13.2. The van der Waals surface area contributed by atoms with Gasteiger partial charge in [-0.25, -0.2) is 9.78 Å². The fraction of sp³-hybridized carbons (Fsp3) is 0.320. The second-order valence-electron chi connectivity index (χ2n) is 8.72. The Bertz CT molecular complexity index is 1240. The van der Waals surface area contributed by atoms with Gasteiger partial charge in [0.15, 0.2) is 5.75 Å². The molecule has 0 radical (unpaired) electrons. The quantitative estimate of drug-likeness (QED) is 0.359. The zero-order valence-corrected chi connectivity index (χ0v) is 20.0. The van der Waals surface area contributed by atoms with E-state index in [1.54, 1.807) is 32.0 Å². The first kappa shape index (κ1) is 26.3. The number of amides is 1. The van der Waals surface area contributed by atoms with Crippen molar-refractivity contribution in [2.24, 2.45) is 5.41 Å². The molecule has 3 rings (SSSR count). The number of ether oxygens (including phenoxy) is 1. The van der Waals surface area contributed by atoms with Crippen LogP contribution in [0, 0.1) is 5.41 Å². The Morgan fingerprint density at radius 2 is 1.71 bits per heavy atom. The lowest BCUT2D eigenvalue weighted by Gasteiger charge is -2.31. The van der Waals surface area contributed by atoms with Gasteiger partial charge in [-0.2, -0.15) is 13.2 Å². The summed E-state index contributed by atoms with van der Waals surface area (Å²) < 4.78 is 44.5. The summed E-state index contributed by atoms with van der Waals surface area (Å²) in [5.41, 5.74) is -0.811. The molecule has 1 heterocycles. The number of benzene rings is 2. The third kappa shape index (κ3) is 6.03. The van der Waals surface area contributed by atoms with Crippen LogP contribution in [0.5, 0.6) is 5.75 Å². The number of aliphatic carboxylic acids is 1. The van der Waals surface area contributed by atoms with Crippen molar-refractivity contribution in [2.75, 3.05) is 0 Å². The number of alkyl halides is 3. The van der Waals surface area contributed by atoms with Crippen LogP contribution in [0.1, 0.15) is 48.7 Å². The van der Waals surface area contributed by atoms with Gasteiger partial charge in [-0.05, 0) is 47.7 Å². The highest BCUT2D eigenvalue weighted by atomic mass is 35.5. The minimum atomic E-state index is -4.46. The molecule has 1 aromatic heterocycles. The lowest BCUT2D eigenvalue weighted by atomic mass is 9.81. The molecule has 0 saturated heterocycles. The average molecular weight is 509 g/mol. The van der Waals surface area contributed by atoms with E-state index in [0.29, 0.717) is 17.4 Å². The molecule has 2 N–H and O–H groups in total. The van der Waals surface area contributed by atoms with E-state index >= 15 is 0 Å². The van der Waals surface area contributed by atoms with Crippen LogP contribution >= 0.6 is 11.6 Å². The van der Waals surface area contributed by atoms with Gasteiger partial charge in [0.25, 0.3) is 5.91 Å². The third-order valence-corrected chi connectivity index (χ3v) is 6.12. The first-order chi connectivity index (χ1) is 16.3. The van der Waals surface area contributed by atoms with Crippen molar-refractivity contribution in [3.63, 3.8) is 0 Å². The normalized spacial score (nSPS) is 12.9. The zero-order valence-electron chi connectivity index (χ0n) is 19.2. The second kappa shape index (κ2) is 10.1. The first-order valence-electron chi connectivity index (χ1n) is 10.8. The molecule has 0 spiro atoms. The van der Waals surface area contributed by atoms with E-state index in [1.165, 1.54) is 18.2 Å². The smallest absolute Gasteiger partial charge is 0.416 e. The Balaban J connectivity index is 1.98. The number of pyridine rings is 1. The molecule has 1 atom stereocenters. The predicted molar refractivity (Wildman–Crippen MR) is 125 cm³/mol. The Hall–Kier alpha value is -3.33. The lowest BCUT2D eigenvalue weighted by molar-refractivity contribution is -0.142. The number of halogens is 4. The summed E-state index contributed by atoms with van der Waals surface area (Å²) in [6.45, 7) is 5.13. The van der Waals surface area contributed by atoms with Crippen molar-refractivity contribution in [3.05, 3.63) is 70.4 Å². The van der Waals surface area contributed by atoms with Gasteiger partial charge in [-0.15, -0.1) is 0 Å². The van der Waals surface area contributed by atoms with Crippen molar-refractivity contribution >= 4 is 34.4 Å². The SMILES string of the molecule is CCC(C)(C)C(NC(=O)c1ccc2ccc(Cl)nc2c1OCc1ccc(C(F)(F)F)cc1)C(=O)O. The molecule has 2 aromatic carbocycles. The minimum Gasteiger partial charge on any atom is -0.486 e. The van der Waals surface area contributed by atoms with Gasteiger partial charge >= 0.3 is 12.1 Å². The molecular weight excluding hydrogens is 485 g/mol. The van der Waals surface area contributed by atoms with E-state index in [0.717, 1.165) is 12.1 Å². The van der Waals surface area contributed by atoms with E-state index in [-0.39, 0.29) is 28.6 Å². The monoisotopic (exact) mass is 508 g/mol. The number of carboxylic acid groups (broad SMARTS) is 1. The van der Waals surface area contributed by atoms with E-state index < -0.39 is 35.1 Å². The summed E-state index contributed by atoms with van der Waals surface area (Å²) in [5.74, 6) is -1.83. The molecule has 0 bridgehead atoms. The highest BCUT2D eigenvalue weighted by Crippen LogP contribution is 2.33. The summed E-state index contributed by atoms with van der Waals surface area (Å²) in [5, 5.41) is 13.0. The molecular formula is C25H24ClF3N2O4. The van der Waals surface area contributed by atoms with E-state index in [1.807, 2.05) is 6.92 Å². The number of fused-ring (bicyclic) bond motifs is 1. The van der Waals surface area contributed by atoms with Gasteiger partial charge in [0.2, 0.25) is 0 Å². The number of aromatic nitrogens is 1. The van der Waals surface area contributed by atoms with Crippen LogP contribution in [0.15, 0.2) is 48.5 Å². The average Bonchev–Trinajstić information content (AvgIpc) is 2.80. The van der Waals surface area contributed by atoms with Crippen LogP contribution in [-0.2, 0) is 17.6 Å². The van der Waals surface area contributed by atoms with E-state index in [4.69, 9.17) is 16.3 Å². The highest BCUT2D eigenvalue weighted by molar-refractivity contribution is 6.29. The maximum Gasteiger partial charge on any atom is 0.416 e. The van der Waals surface area contributed by atoms with Crippen molar-refractivity contribution in [1.29, 1.82) is 0 Å². The topological polar surface area (TPSA) is 88.5 Å². The summed E-state index contributed by atoms with van der Waals surface area (Å²) in [4.78, 5) is 29.3. The van der Waals surface area contributed by atoms with Gasteiger partial charge in [0.1, 0.15) is 23.3 Å². The number of nitrogens with zero attached hydrogens (tertiary/aromatic N) is 1. The summed E-state index contributed by atoms with van der Waals surface area (Å²) in [6, 6.07) is 9.60. The third-order valence-electron chi connectivity index (χ3n) is 5.91. The summed E-state index contributed by atoms with van der Waals surface area (Å²) in [6.07, 6.45) is -3.97. The summed E-state index contributed by atoms with van der Waals surface area (Å²) in [7, 11) is 0. The molecule has 0 aliphatic carbocycles. The zero-order chi connectivity index (χ0) is 26.0. The number of rotatable bonds is 8. The number of carboxylic acids is 1. The molecule has 3 aromatic rings. The van der Waals surface area contributed by atoms with Crippen LogP contribution in [0.3, 0.4) is 0 Å². The highest BCUT2D eigenvalue weighted by Gasteiger charge is 2.36. The number of carbonyl (C=O) groups excluding carboxylic acids is 1. The molecule has 1 amide bonds. The fourth-order valence-corrected chi connectivity index (χ4v) is 3.56. The number of nitrogens with one attached hydrogen (secondary N) is 1. The van der Waals surface area contributed by atoms with Crippen LogP contribution in [-0.4, -0.2) is 28.0 Å². The Morgan fingerprint density at radius 3 is 2.29 bits per heavy atom.